The van der Waals surface area contributed by atoms with Crippen LogP contribution in [0, 0.1) is 17.2 Å². The van der Waals surface area contributed by atoms with Crippen molar-refractivity contribution in [2.45, 2.75) is 37.4 Å². The van der Waals surface area contributed by atoms with Gasteiger partial charge in [-0.05, 0) is 0 Å². The molecule has 78 valence electrons. The molecule has 0 saturated carbocycles. The number of fused-ring (bicyclic) bond motifs is 2. The predicted octanol–water partition coefficient (Wildman–Crippen LogP) is -0.617. The van der Waals surface area contributed by atoms with Gasteiger partial charge in [-0.15, -0.1) is 0 Å². The van der Waals surface area contributed by atoms with Crippen LogP contribution in [0.15, 0.2) is 0 Å². The smallest absolute Gasteiger partial charge is 0.163 e. The fourth-order valence-electron chi connectivity index (χ4n) is 2.03. The van der Waals surface area contributed by atoms with Gasteiger partial charge in [-0.25, -0.2) is 0 Å². The molecule has 0 unspecified atom stereocenters. The maximum absolute atomic E-state index is 9.81. The SMILES string of the molecule is C[C@H]1[C@H]2OC[C@](CC#N)(O2)[C@H](O)[C@@H]1O. The molecule has 0 spiro atoms. The highest BCUT2D eigenvalue weighted by atomic mass is 16.7. The van der Waals surface area contributed by atoms with Crippen LogP contribution in [-0.2, 0) is 9.47 Å². The second-order valence-corrected chi connectivity index (χ2v) is 3.99. The van der Waals surface area contributed by atoms with E-state index in [0.29, 0.717) is 0 Å². The topological polar surface area (TPSA) is 82.7 Å². The van der Waals surface area contributed by atoms with E-state index in [1.54, 1.807) is 6.92 Å². The van der Waals surface area contributed by atoms with Gasteiger partial charge in [0.15, 0.2) is 6.29 Å². The lowest BCUT2D eigenvalue weighted by Gasteiger charge is -2.40. The van der Waals surface area contributed by atoms with E-state index in [9.17, 15) is 10.2 Å². The zero-order chi connectivity index (χ0) is 10.3. The average Bonchev–Trinajstić information content (AvgIpc) is 2.56. The summed E-state index contributed by atoms with van der Waals surface area (Å²) >= 11 is 0. The van der Waals surface area contributed by atoms with Crippen molar-refractivity contribution in [3.63, 3.8) is 0 Å². The van der Waals surface area contributed by atoms with Gasteiger partial charge in [0.2, 0.25) is 0 Å². The van der Waals surface area contributed by atoms with Crippen LogP contribution in [0.5, 0.6) is 0 Å². The standard InChI is InChI=1S/C9H13NO4/c1-5-6(11)7(12)9(2-3-10)4-13-8(5)14-9/h5-8,11-12H,2,4H2,1H3/t5-,6-,7-,8+,9+/m1/s1. The van der Waals surface area contributed by atoms with Gasteiger partial charge in [-0.1, -0.05) is 6.92 Å². The Bertz CT molecular complexity index is 276. The summed E-state index contributed by atoms with van der Waals surface area (Å²) in [5, 5.41) is 28.1. The van der Waals surface area contributed by atoms with Crippen molar-refractivity contribution < 1.29 is 19.7 Å². The molecular weight excluding hydrogens is 186 g/mol. The van der Waals surface area contributed by atoms with Gasteiger partial charge in [0.25, 0.3) is 0 Å². The molecule has 5 heteroatoms. The van der Waals surface area contributed by atoms with E-state index in [-0.39, 0.29) is 18.9 Å². The fourth-order valence-corrected chi connectivity index (χ4v) is 2.03. The number of hydrogen-bond acceptors (Lipinski definition) is 5. The van der Waals surface area contributed by atoms with Crippen molar-refractivity contribution in [1.82, 2.24) is 0 Å². The first kappa shape index (κ1) is 9.87. The lowest BCUT2D eigenvalue weighted by Crippen LogP contribution is -2.57. The first-order valence-electron chi connectivity index (χ1n) is 4.63. The average molecular weight is 199 g/mol. The Hall–Kier alpha value is -0.670. The third-order valence-electron chi connectivity index (χ3n) is 3.05. The zero-order valence-corrected chi connectivity index (χ0v) is 7.88. The summed E-state index contributed by atoms with van der Waals surface area (Å²) in [6, 6.07) is 1.95. The molecule has 5 atom stereocenters. The molecule has 0 aromatic carbocycles. The van der Waals surface area contributed by atoms with Gasteiger partial charge in [-0.2, -0.15) is 5.26 Å². The molecule has 0 aromatic rings. The minimum absolute atomic E-state index is 0.0362. The lowest BCUT2D eigenvalue weighted by molar-refractivity contribution is -0.234. The summed E-state index contributed by atoms with van der Waals surface area (Å²) in [6.45, 7) is 1.92. The summed E-state index contributed by atoms with van der Waals surface area (Å²) in [5.74, 6) is -0.265. The van der Waals surface area contributed by atoms with Crippen molar-refractivity contribution >= 4 is 0 Å². The number of nitrogens with zero attached hydrogens (tertiary/aromatic N) is 1. The van der Waals surface area contributed by atoms with Gasteiger partial charge in [0, 0.05) is 5.92 Å². The molecule has 2 heterocycles. The Kier molecular flexibility index (Phi) is 2.24. The van der Waals surface area contributed by atoms with Crippen LogP contribution < -0.4 is 0 Å². The Morgan fingerprint density at radius 3 is 2.93 bits per heavy atom. The summed E-state index contributed by atoms with van der Waals surface area (Å²) in [4.78, 5) is 0. The van der Waals surface area contributed by atoms with Crippen LogP contribution in [-0.4, -0.2) is 40.9 Å². The van der Waals surface area contributed by atoms with Crippen LogP contribution in [0.3, 0.4) is 0 Å². The van der Waals surface area contributed by atoms with Crippen LogP contribution >= 0.6 is 0 Å². The van der Waals surface area contributed by atoms with Crippen molar-refractivity contribution in [3.8, 4) is 6.07 Å². The van der Waals surface area contributed by atoms with Gasteiger partial charge in [0.1, 0.15) is 11.7 Å². The van der Waals surface area contributed by atoms with E-state index < -0.39 is 24.1 Å². The number of nitriles is 1. The third-order valence-corrected chi connectivity index (χ3v) is 3.05. The monoisotopic (exact) mass is 199 g/mol. The van der Waals surface area contributed by atoms with E-state index in [0.717, 1.165) is 0 Å². The molecule has 14 heavy (non-hydrogen) atoms. The lowest BCUT2D eigenvalue weighted by atomic mass is 9.84. The molecular formula is C9H13NO4. The largest absolute Gasteiger partial charge is 0.390 e. The highest BCUT2D eigenvalue weighted by Gasteiger charge is 2.57. The number of rotatable bonds is 1. The molecule has 2 aliphatic rings. The Balaban J connectivity index is 2.25. The Morgan fingerprint density at radius 2 is 2.29 bits per heavy atom. The van der Waals surface area contributed by atoms with Gasteiger partial charge >= 0.3 is 0 Å². The Morgan fingerprint density at radius 1 is 1.57 bits per heavy atom. The van der Waals surface area contributed by atoms with Crippen molar-refractivity contribution in [3.05, 3.63) is 0 Å². The molecule has 2 saturated heterocycles. The summed E-state index contributed by atoms with van der Waals surface area (Å²) in [5.41, 5.74) is -1.02. The highest BCUT2D eigenvalue weighted by molar-refractivity contribution is 5.06. The third kappa shape index (κ3) is 1.16. The summed E-state index contributed by atoms with van der Waals surface area (Å²) < 4.78 is 10.8. The van der Waals surface area contributed by atoms with E-state index in [2.05, 4.69) is 0 Å². The summed E-state index contributed by atoms with van der Waals surface area (Å²) in [6.07, 6.45) is -2.39. The molecule has 5 nitrogen and oxygen atoms in total. The van der Waals surface area contributed by atoms with Crippen molar-refractivity contribution in [1.29, 1.82) is 5.26 Å². The number of hydrogen-bond donors (Lipinski definition) is 2. The van der Waals surface area contributed by atoms with Gasteiger partial charge in [0.05, 0.1) is 25.2 Å². The number of ether oxygens (including phenoxy) is 2. The number of aliphatic hydroxyl groups is 2. The first-order valence-corrected chi connectivity index (χ1v) is 4.63. The maximum atomic E-state index is 9.81. The van der Waals surface area contributed by atoms with Crippen LogP contribution in [0.4, 0.5) is 0 Å². The molecule has 2 fully saturated rings. The van der Waals surface area contributed by atoms with Crippen molar-refractivity contribution in [2.24, 2.45) is 5.92 Å². The minimum Gasteiger partial charge on any atom is -0.390 e. The van der Waals surface area contributed by atoms with Crippen LogP contribution in [0.25, 0.3) is 0 Å². The molecule has 2 N–H and O–H groups in total. The zero-order valence-electron chi connectivity index (χ0n) is 7.88. The van der Waals surface area contributed by atoms with E-state index >= 15 is 0 Å². The predicted molar refractivity (Wildman–Crippen MR) is 45.0 cm³/mol. The van der Waals surface area contributed by atoms with Gasteiger partial charge in [-0.3, -0.25) is 0 Å². The molecule has 0 amide bonds. The molecule has 2 aliphatic heterocycles. The highest BCUT2D eigenvalue weighted by Crippen LogP contribution is 2.41. The van der Waals surface area contributed by atoms with E-state index in [1.807, 2.05) is 6.07 Å². The fraction of sp³-hybridized carbons (Fsp3) is 0.889. The van der Waals surface area contributed by atoms with E-state index in [1.165, 1.54) is 0 Å². The maximum Gasteiger partial charge on any atom is 0.163 e. The molecule has 2 rings (SSSR count). The quantitative estimate of drug-likeness (QED) is 0.588. The Labute approximate surface area is 81.9 Å². The normalized spacial score (nSPS) is 51.6. The molecule has 0 radical (unpaired) electrons. The van der Waals surface area contributed by atoms with Gasteiger partial charge < -0.3 is 19.7 Å². The molecule has 0 aliphatic carbocycles. The first-order chi connectivity index (χ1) is 6.60. The van der Waals surface area contributed by atoms with Crippen LogP contribution in [0.2, 0.25) is 0 Å². The second kappa shape index (κ2) is 3.17. The number of aliphatic hydroxyl groups excluding tert-OH is 2. The summed E-state index contributed by atoms with van der Waals surface area (Å²) in [7, 11) is 0. The van der Waals surface area contributed by atoms with Crippen molar-refractivity contribution in [2.75, 3.05) is 6.61 Å². The molecule has 0 aromatic heterocycles. The second-order valence-electron chi connectivity index (χ2n) is 3.99. The minimum atomic E-state index is -1.05. The molecule has 2 bridgehead atoms. The van der Waals surface area contributed by atoms with Crippen LogP contribution in [0.1, 0.15) is 13.3 Å². The van der Waals surface area contributed by atoms with E-state index in [4.69, 9.17) is 14.7 Å².